The van der Waals surface area contributed by atoms with E-state index in [-0.39, 0.29) is 19.1 Å². The van der Waals surface area contributed by atoms with Crippen LogP contribution in [-0.4, -0.2) is 30.3 Å². The molecule has 0 aliphatic rings. The molecule has 0 fully saturated rings. The fourth-order valence-corrected chi connectivity index (χ4v) is 2.17. The standard InChI is InChI=1S/C25H39NO3/c1-2-3-4-5-6-7-8-9-10-11-12-13-14-15-16-17-18-19-20-21-25(28)29-23-24(27)22-26/h3-4,6-7,9-10,12-13,15-16,18-19,24,27H,2,5,8,11,14,17,20-23,26H2,1H3. The molecule has 1 atom stereocenters. The number of hydrogen-bond donors (Lipinski definition) is 2. The maximum atomic E-state index is 11.4. The average Bonchev–Trinajstić information content (AvgIpc) is 2.73. The lowest BCUT2D eigenvalue weighted by atomic mass is 10.2. The zero-order valence-electron chi connectivity index (χ0n) is 17.9. The molecule has 0 amide bonds. The van der Waals surface area contributed by atoms with Gasteiger partial charge < -0.3 is 15.6 Å². The van der Waals surface area contributed by atoms with Gasteiger partial charge >= 0.3 is 5.97 Å². The predicted octanol–water partition coefficient (Wildman–Crippen LogP) is 5.33. The van der Waals surface area contributed by atoms with E-state index in [2.05, 4.69) is 67.7 Å². The van der Waals surface area contributed by atoms with Gasteiger partial charge in [0.2, 0.25) is 0 Å². The van der Waals surface area contributed by atoms with E-state index < -0.39 is 6.10 Å². The highest BCUT2D eigenvalue weighted by molar-refractivity contribution is 5.69. The first-order valence-electron chi connectivity index (χ1n) is 10.6. The minimum Gasteiger partial charge on any atom is -0.463 e. The molecule has 0 spiro atoms. The third-order valence-corrected chi connectivity index (χ3v) is 3.82. The molecule has 0 bridgehead atoms. The van der Waals surface area contributed by atoms with Crippen molar-refractivity contribution in [3.05, 3.63) is 72.9 Å². The maximum absolute atomic E-state index is 11.4. The highest BCUT2D eigenvalue weighted by Crippen LogP contribution is 1.99. The van der Waals surface area contributed by atoms with Crippen LogP contribution in [0.25, 0.3) is 0 Å². The van der Waals surface area contributed by atoms with Gasteiger partial charge in [-0.3, -0.25) is 4.79 Å². The van der Waals surface area contributed by atoms with Crippen molar-refractivity contribution in [2.24, 2.45) is 5.73 Å². The largest absolute Gasteiger partial charge is 0.463 e. The van der Waals surface area contributed by atoms with Crippen LogP contribution in [0.4, 0.5) is 0 Å². The Balaban J connectivity index is 3.58. The molecular weight excluding hydrogens is 362 g/mol. The molecule has 1 unspecified atom stereocenters. The Morgan fingerprint density at radius 3 is 1.62 bits per heavy atom. The summed E-state index contributed by atoms with van der Waals surface area (Å²) in [5.41, 5.74) is 5.24. The summed E-state index contributed by atoms with van der Waals surface area (Å²) >= 11 is 0. The van der Waals surface area contributed by atoms with Gasteiger partial charge in [0.25, 0.3) is 0 Å². The van der Waals surface area contributed by atoms with Crippen molar-refractivity contribution in [3.63, 3.8) is 0 Å². The molecule has 0 radical (unpaired) electrons. The lowest BCUT2D eigenvalue weighted by Gasteiger charge is -2.07. The van der Waals surface area contributed by atoms with Crippen LogP contribution in [0.15, 0.2) is 72.9 Å². The Morgan fingerprint density at radius 1 is 0.793 bits per heavy atom. The molecule has 0 aliphatic carbocycles. The number of carbonyl (C=O) groups is 1. The molecule has 3 N–H and O–H groups in total. The Hall–Kier alpha value is -2.17. The van der Waals surface area contributed by atoms with E-state index in [4.69, 9.17) is 10.5 Å². The summed E-state index contributed by atoms with van der Waals surface area (Å²) in [7, 11) is 0. The van der Waals surface area contributed by atoms with Crippen molar-refractivity contribution in [2.75, 3.05) is 13.2 Å². The van der Waals surface area contributed by atoms with Gasteiger partial charge in [-0.05, 0) is 44.9 Å². The molecule has 0 heterocycles. The van der Waals surface area contributed by atoms with E-state index in [1.807, 2.05) is 12.2 Å². The molecule has 0 aliphatic heterocycles. The fraction of sp³-hybridized carbons (Fsp3) is 0.480. The summed E-state index contributed by atoms with van der Waals surface area (Å²) in [5.74, 6) is -0.308. The van der Waals surface area contributed by atoms with Gasteiger partial charge in [-0.25, -0.2) is 0 Å². The molecule has 4 heteroatoms. The Morgan fingerprint density at radius 2 is 1.21 bits per heavy atom. The first-order valence-corrected chi connectivity index (χ1v) is 10.6. The lowest BCUT2D eigenvalue weighted by Crippen LogP contribution is -2.26. The highest BCUT2D eigenvalue weighted by Gasteiger charge is 2.05. The van der Waals surface area contributed by atoms with Crippen LogP contribution in [0.2, 0.25) is 0 Å². The quantitative estimate of drug-likeness (QED) is 0.255. The number of ether oxygens (including phenoxy) is 1. The van der Waals surface area contributed by atoms with Gasteiger partial charge in [0.15, 0.2) is 0 Å². The summed E-state index contributed by atoms with van der Waals surface area (Å²) in [6, 6.07) is 0. The first-order chi connectivity index (χ1) is 14.2. The summed E-state index contributed by atoms with van der Waals surface area (Å²) < 4.78 is 4.90. The second kappa shape index (κ2) is 22.1. The normalized spacial score (nSPS) is 13.9. The monoisotopic (exact) mass is 401 g/mol. The number of hydrogen-bond acceptors (Lipinski definition) is 4. The van der Waals surface area contributed by atoms with Gasteiger partial charge in [0.1, 0.15) is 12.7 Å². The third kappa shape index (κ3) is 22.0. The van der Waals surface area contributed by atoms with Crippen LogP contribution in [0.1, 0.15) is 58.3 Å². The second-order valence-electron chi connectivity index (χ2n) is 6.53. The molecule has 0 saturated carbocycles. The molecule has 0 aromatic carbocycles. The summed E-state index contributed by atoms with van der Waals surface area (Å²) in [6.07, 6.45) is 31.8. The van der Waals surface area contributed by atoms with Crippen molar-refractivity contribution < 1.29 is 14.6 Å². The van der Waals surface area contributed by atoms with Gasteiger partial charge in [-0.2, -0.15) is 0 Å². The Bertz CT molecular complexity index is 556. The van der Waals surface area contributed by atoms with Crippen LogP contribution in [0.5, 0.6) is 0 Å². The van der Waals surface area contributed by atoms with E-state index in [1.54, 1.807) is 0 Å². The van der Waals surface area contributed by atoms with Crippen molar-refractivity contribution in [3.8, 4) is 0 Å². The predicted molar refractivity (Wildman–Crippen MR) is 123 cm³/mol. The zero-order chi connectivity index (χ0) is 21.4. The minimum atomic E-state index is -0.773. The molecular formula is C25H39NO3. The highest BCUT2D eigenvalue weighted by atomic mass is 16.5. The molecule has 162 valence electrons. The minimum absolute atomic E-state index is 0.0287. The third-order valence-electron chi connectivity index (χ3n) is 3.82. The van der Waals surface area contributed by atoms with E-state index in [0.717, 1.165) is 38.5 Å². The Kier molecular flexibility index (Phi) is 20.5. The molecule has 0 aromatic heterocycles. The number of aliphatic hydroxyl groups is 1. The zero-order valence-corrected chi connectivity index (χ0v) is 17.9. The molecule has 0 rings (SSSR count). The summed E-state index contributed by atoms with van der Waals surface area (Å²) in [5, 5.41) is 9.21. The number of carbonyl (C=O) groups excluding carboxylic acids is 1. The molecule has 29 heavy (non-hydrogen) atoms. The van der Waals surface area contributed by atoms with E-state index in [1.165, 1.54) is 0 Å². The summed E-state index contributed by atoms with van der Waals surface area (Å²) in [6.45, 7) is 2.21. The van der Waals surface area contributed by atoms with E-state index in [9.17, 15) is 9.90 Å². The van der Waals surface area contributed by atoms with Crippen molar-refractivity contribution in [1.29, 1.82) is 0 Å². The number of nitrogens with two attached hydrogens (primary N) is 1. The number of rotatable bonds is 17. The van der Waals surface area contributed by atoms with Gasteiger partial charge in [0, 0.05) is 13.0 Å². The topological polar surface area (TPSA) is 72.5 Å². The molecule has 0 saturated heterocycles. The van der Waals surface area contributed by atoms with Gasteiger partial charge in [-0.15, -0.1) is 0 Å². The smallest absolute Gasteiger partial charge is 0.306 e. The number of esters is 1. The number of allylic oxidation sites excluding steroid dienone is 12. The van der Waals surface area contributed by atoms with E-state index in [0.29, 0.717) is 12.8 Å². The van der Waals surface area contributed by atoms with Crippen LogP contribution in [0, 0.1) is 0 Å². The van der Waals surface area contributed by atoms with E-state index >= 15 is 0 Å². The van der Waals surface area contributed by atoms with Gasteiger partial charge in [-0.1, -0.05) is 79.8 Å². The lowest BCUT2D eigenvalue weighted by molar-refractivity contribution is -0.146. The van der Waals surface area contributed by atoms with Crippen LogP contribution in [0.3, 0.4) is 0 Å². The van der Waals surface area contributed by atoms with Gasteiger partial charge in [0.05, 0.1) is 0 Å². The average molecular weight is 402 g/mol. The van der Waals surface area contributed by atoms with Crippen molar-refractivity contribution >= 4 is 5.97 Å². The molecule has 0 aromatic rings. The SMILES string of the molecule is CCC=CCC=CCC=CCC=CCC=CCC=CCCC(=O)OCC(O)CN. The fourth-order valence-electron chi connectivity index (χ4n) is 2.17. The second-order valence-corrected chi connectivity index (χ2v) is 6.53. The maximum Gasteiger partial charge on any atom is 0.306 e. The van der Waals surface area contributed by atoms with Crippen LogP contribution >= 0.6 is 0 Å². The van der Waals surface area contributed by atoms with Crippen LogP contribution in [-0.2, 0) is 9.53 Å². The summed E-state index contributed by atoms with van der Waals surface area (Å²) in [4.78, 5) is 11.4. The van der Waals surface area contributed by atoms with Crippen molar-refractivity contribution in [2.45, 2.75) is 64.4 Å². The number of aliphatic hydroxyl groups excluding tert-OH is 1. The molecule has 4 nitrogen and oxygen atoms in total. The Labute approximate surface area is 177 Å². The van der Waals surface area contributed by atoms with Crippen LogP contribution < -0.4 is 5.73 Å². The first kappa shape index (κ1) is 26.8. The van der Waals surface area contributed by atoms with Crippen molar-refractivity contribution in [1.82, 2.24) is 0 Å².